The zero-order valence-electron chi connectivity index (χ0n) is 11.5. The molecule has 0 unspecified atom stereocenters. The lowest BCUT2D eigenvalue weighted by molar-refractivity contribution is -0.112. The third-order valence-corrected chi connectivity index (χ3v) is 6.29. The second kappa shape index (κ2) is 3.96. The molecule has 0 aromatic heterocycles. The van der Waals surface area contributed by atoms with Crippen LogP contribution < -0.4 is 0 Å². The number of nitriles is 1. The van der Waals surface area contributed by atoms with Crippen molar-refractivity contribution in [3.05, 3.63) is 0 Å². The van der Waals surface area contributed by atoms with Gasteiger partial charge in [0.05, 0.1) is 23.9 Å². The highest BCUT2D eigenvalue weighted by molar-refractivity contribution is 5.16. The minimum absolute atomic E-state index is 0.0225. The molecule has 1 spiro atoms. The van der Waals surface area contributed by atoms with E-state index in [0.29, 0.717) is 30.1 Å². The molecular weight excluding hydrogens is 238 g/mol. The van der Waals surface area contributed by atoms with Gasteiger partial charge in [-0.25, -0.2) is 0 Å². The highest BCUT2D eigenvalue weighted by Gasteiger charge is 2.67. The van der Waals surface area contributed by atoms with Gasteiger partial charge < -0.3 is 9.84 Å². The summed E-state index contributed by atoms with van der Waals surface area (Å²) in [5.41, 5.74) is -0.504. The largest absolute Gasteiger partial charge is 0.389 e. The quantitative estimate of drug-likeness (QED) is 0.777. The summed E-state index contributed by atoms with van der Waals surface area (Å²) < 4.78 is 5.81. The van der Waals surface area contributed by atoms with Crippen LogP contribution in [0.3, 0.4) is 0 Å². The summed E-state index contributed by atoms with van der Waals surface area (Å²) in [7, 11) is 0. The Morgan fingerprint density at radius 1 is 1.32 bits per heavy atom. The summed E-state index contributed by atoms with van der Waals surface area (Å²) in [5.74, 6) is 1.95. The number of rotatable bonds is 2. The fraction of sp³-hybridized carbons (Fsp3) is 0.938. The smallest absolute Gasteiger partial charge is 0.0972 e. The van der Waals surface area contributed by atoms with Crippen molar-refractivity contribution in [2.45, 2.75) is 62.6 Å². The first-order chi connectivity index (χ1) is 9.18. The van der Waals surface area contributed by atoms with E-state index in [9.17, 15) is 5.11 Å². The van der Waals surface area contributed by atoms with Crippen molar-refractivity contribution < 1.29 is 9.84 Å². The first-order valence-corrected chi connectivity index (χ1v) is 7.91. The average Bonchev–Trinajstić information content (AvgIpc) is 3.28. The highest BCUT2D eigenvalue weighted by atomic mass is 16.6. The zero-order valence-corrected chi connectivity index (χ0v) is 11.5. The molecule has 1 N–H and O–H groups in total. The maximum atomic E-state index is 11.4. The van der Waals surface area contributed by atoms with Gasteiger partial charge in [0.15, 0.2) is 0 Å². The van der Waals surface area contributed by atoms with Gasteiger partial charge in [-0.1, -0.05) is 12.8 Å². The number of hydrogen-bond acceptors (Lipinski definition) is 3. The fourth-order valence-electron chi connectivity index (χ4n) is 5.28. The molecule has 1 aliphatic heterocycles. The van der Waals surface area contributed by atoms with Gasteiger partial charge in [-0.05, 0) is 49.9 Å². The molecule has 3 nitrogen and oxygen atoms in total. The Morgan fingerprint density at radius 3 is 2.89 bits per heavy atom. The van der Waals surface area contributed by atoms with Crippen LogP contribution in [0.2, 0.25) is 0 Å². The summed E-state index contributed by atoms with van der Waals surface area (Å²) in [6, 6.07) is 2.31. The van der Waals surface area contributed by atoms with Crippen LogP contribution in [0.5, 0.6) is 0 Å². The second-order valence-corrected chi connectivity index (χ2v) is 7.41. The van der Waals surface area contributed by atoms with Crippen molar-refractivity contribution in [3.8, 4) is 6.07 Å². The lowest BCUT2D eigenvalue weighted by Gasteiger charge is -2.46. The average molecular weight is 261 g/mol. The molecule has 1 heterocycles. The molecule has 6 atom stereocenters. The summed E-state index contributed by atoms with van der Waals surface area (Å²) in [4.78, 5) is 0. The zero-order chi connectivity index (χ0) is 13.1. The van der Waals surface area contributed by atoms with Crippen LogP contribution in [0.25, 0.3) is 0 Å². The molecule has 4 aliphatic rings. The molecule has 0 radical (unpaired) electrons. The van der Waals surface area contributed by atoms with Crippen LogP contribution in [0.4, 0.5) is 0 Å². The van der Waals surface area contributed by atoms with Crippen LogP contribution in [0, 0.1) is 35.0 Å². The molecule has 4 rings (SSSR count). The molecular formula is C16H23NO2. The molecule has 4 fully saturated rings. The van der Waals surface area contributed by atoms with Crippen molar-refractivity contribution in [3.63, 3.8) is 0 Å². The van der Waals surface area contributed by atoms with E-state index in [0.717, 1.165) is 25.9 Å². The Hall–Kier alpha value is -0.590. The Morgan fingerprint density at radius 2 is 2.16 bits per heavy atom. The predicted molar refractivity (Wildman–Crippen MR) is 70.1 cm³/mol. The maximum Gasteiger partial charge on any atom is 0.0972 e. The lowest BCUT2D eigenvalue weighted by Crippen LogP contribution is -2.52. The number of epoxide rings is 1. The van der Waals surface area contributed by atoms with Gasteiger partial charge in [0.1, 0.15) is 0 Å². The molecule has 1 saturated heterocycles. The van der Waals surface area contributed by atoms with Crippen LogP contribution in [-0.2, 0) is 4.74 Å². The number of ether oxygens (including phenoxy) is 1. The maximum absolute atomic E-state index is 11.4. The van der Waals surface area contributed by atoms with Crippen LogP contribution in [-0.4, -0.2) is 22.9 Å². The second-order valence-electron chi connectivity index (χ2n) is 7.41. The van der Waals surface area contributed by atoms with Crippen molar-refractivity contribution in [2.24, 2.45) is 23.7 Å². The number of fused-ring (bicyclic) bond motifs is 1. The standard InChI is InChI=1S/C16H23NO2/c17-6-4-11-7-12-8-13(12)16(18,9-11)14-3-1-2-5-15(14)10-19-15/h11-14,18H,1-5,7-10H2/t11-,12+,13-,14+,15-,16+/m1/s1. The summed E-state index contributed by atoms with van der Waals surface area (Å²) in [5, 5.41) is 20.3. The molecule has 3 heteroatoms. The summed E-state index contributed by atoms with van der Waals surface area (Å²) >= 11 is 0. The van der Waals surface area contributed by atoms with Gasteiger partial charge in [-0.15, -0.1) is 0 Å². The topological polar surface area (TPSA) is 56.5 Å². The highest BCUT2D eigenvalue weighted by Crippen LogP contribution is 2.64. The minimum Gasteiger partial charge on any atom is -0.389 e. The van der Waals surface area contributed by atoms with Crippen molar-refractivity contribution in [1.29, 1.82) is 5.26 Å². The van der Waals surface area contributed by atoms with Gasteiger partial charge in [0.25, 0.3) is 0 Å². The van der Waals surface area contributed by atoms with E-state index in [4.69, 9.17) is 10.00 Å². The van der Waals surface area contributed by atoms with E-state index >= 15 is 0 Å². The SMILES string of the molecule is N#CC[C@@H]1C[C@H]2C[C@H]2[C@](O)([C@H]2CCCC[C@@]23CO3)C1. The third kappa shape index (κ3) is 1.76. The van der Waals surface area contributed by atoms with Gasteiger partial charge in [-0.3, -0.25) is 0 Å². The van der Waals surface area contributed by atoms with E-state index in [1.807, 2.05) is 0 Å². The lowest BCUT2D eigenvalue weighted by atomic mass is 9.62. The Bertz CT molecular complexity index is 425. The predicted octanol–water partition coefficient (Wildman–Crippen LogP) is 2.64. The van der Waals surface area contributed by atoms with Crippen LogP contribution in [0.1, 0.15) is 51.4 Å². The number of hydrogen-bond donors (Lipinski definition) is 1. The monoisotopic (exact) mass is 261 g/mol. The number of aliphatic hydroxyl groups is 1. The van der Waals surface area contributed by atoms with E-state index in [1.165, 1.54) is 25.7 Å². The van der Waals surface area contributed by atoms with E-state index in [-0.39, 0.29) is 5.60 Å². The molecule has 104 valence electrons. The first kappa shape index (κ1) is 12.2. The van der Waals surface area contributed by atoms with Gasteiger partial charge in [-0.2, -0.15) is 5.26 Å². The van der Waals surface area contributed by atoms with E-state index in [1.54, 1.807) is 0 Å². The molecule has 0 aromatic rings. The van der Waals surface area contributed by atoms with E-state index in [2.05, 4.69) is 6.07 Å². The molecule has 0 aromatic carbocycles. The molecule has 3 aliphatic carbocycles. The Kier molecular flexibility index (Phi) is 2.54. The van der Waals surface area contributed by atoms with Gasteiger partial charge in [0, 0.05) is 12.3 Å². The van der Waals surface area contributed by atoms with Crippen molar-refractivity contribution in [1.82, 2.24) is 0 Å². The molecule has 19 heavy (non-hydrogen) atoms. The van der Waals surface area contributed by atoms with Crippen LogP contribution in [0.15, 0.2) is 0 Å². The van der Waals surface area contributed by atoms with Gasteiger partial charge >= 0.3 is 0 Å². The molecule has 3 saturated carbocycles. The Labute approximate surface area is 114 Å². The van der Waals surface area contributed by atoms with E-state index < -0.39 is 5.60 Å². The normalized spacial score (nSPS) is 55.4. The number of nitrogens with zero attached hydrogens (tertiary/aromatic N) is 1. The van der Waals surface area contributed by atoms with Crippen molar-refractivity contribution >= 4 is 0 Å². The summed E-state index contributed by atoms with van der Waals surface area (Å²) in [6.07, 6.45) is 8.57. The van der Waals surface area contributed by atoms with Crippen LogP contribution >= 0.6 is 0 Å². The van der Waals surface area contributed by atoms with Crippen molar-refractivity contribution in [2.75, 3.05) is 6.61 Å². The molecule has 0 bridgehead atoms. The summed E-state index contributed by atoms with van der Waals surface area (Å²) in [6.45, 7) is 0.861. The Balaban J connectivity index is 1.59. The minimum atomic E-state index is -0.526. The third-order valence-electron chi connectivity index (χ3n) is 6.29. The molecule has 0 amide bonds. The fourth-order valence-corrected chi connectivity index (χ4v) is 5.28. The van der Waals surface area contributed by atoms with Gasteiger partial charge in [0.2, 0.25) is 0 Å². The first-order valence-electron chi connectivity index (χ1n) is 7.91.